The van der Waals surface area contributed by atoms with Crippen molar-refractivity contribution in [2.45, 2.75) is 38.7 Å². The summed E-state index contributed by atoms with van der Waals surface area (Å²) in [6.45, 7) is 2.01. The smallest absolute Gasteiger partial charge is 0.425 e. The van der Waals surface area contributed by atoms with Gasteiger partial charge in [-0.1, -0.05) is 43.1 Å². The van der Waals surface area contributed by atoms with Gasteiger partial charge >= 0.3 is 12.4 Å². The second-order valence-corrected chi connectivity index (χ2v) is 9.39. The van der Waals surface area contributed by atoms with Crippen LogP contribution in [0.15, 0.2) is 53.1 Å². The highest BCUT2D eigenvalue weighted by Gasteiger charge is 2.33. The fourth-order valence-electron chi connectivity index (χ4n) is 3.69. The van der Waals surface area contributed by atoms with Gasteiger partial charge in [0.15, 0.2) is 0 Å². The van der Waals surface area contributed by atoms with Crippen LogP contribution in [0.2, 0.25) is 5.02 Å². The monoisotopic (exact) mass is 616 g/mol. The van der Waals surface area contributed by atoms with Gasteiger partial charge in [0.1, 0.15) is 27.8 Å². The lowest BCUT2D eigenvalue weighted by molar-refractivity contribution is -0.274. The van der Waals surface area contributed by atoms with Gasteiger partial charge in [-0.25, -0.2) is 0 Å². The molecule has 0 aliphatic carbocycles. The van der Waals surface area contributed by atoms with Crippen molar-refractivity contribution < 1.29 is 32.2 Å². The molecule has 2 amide bonds. The molecule has 0 aliphatic heterocycles. The second-order valence-electron chi connectivity index (χ2n) is 8.21. The SMILES string of the molecule is CCCC(C(=O)NC)N(C)C(=O)c1c(Br)nc(Oc2cccc(OC(F)(F)F)c2)n1Cc1ccc(Cl)cc1. The number of imidazole rings is 1. The third-order valence-corrected chi connectivity index (χ3v) is 6.30. The summed E-state index contributed by atoms with van der Waals surface area (Å²) < 4.78 is 49.5. The van der Waals surface area contributed by atoms with Crippen molar-refractivity contribution in [3.63, 3.8) is 0 Å². The van der Waals surface area contributed by atoms with Gasteiger partial charge in [0, 0.05) is 25.2 Å². The maximum Gasteiger partial charge on any atom is 0.573 e. The molecule has 1 atom stereocenters. The lowest BCUT2D eigenvalue weighted by Gasteiger charge is -2.27. The summed E-state index contributed by atoms with van der Waals surface area (Å²) in [5.41, 5.74) is 0.830. The number of aromatic nitrogens is 2. The van der Waals surface area contributed by atoms with Crippen molar-refractivity contribution in [1.29, 1.82) is 0 Å². The van der Waals surface area contributed by atoms with Gasteiger partial charge < -0.3 is 19.7 Å². The van der Waals surface area contributed by atoms with Crippen molar-refractivity contribution in [2.75, 3.05) is 14.1 Å². The Labute approximate surface area is 230 Å². The molecular weight excluding hydrogens is 593 g/mol. The number of benzene rings is 2. The van der Waals surface area contributed by atoms with Crippen molar-refractivity contribution in [3.8, 4) is 17.5 Å². The number of nitrogens with one attached hydrogen (secondary N) is 1. The number of carbonyl (C=O) groups is 2. The average molecular weight is 618 g/mol. The number of likely N-dealkylation sites (N-methyl/N-ethyl adjacent to an activating group) is 2. The molecule has 3 aromatic rings. The molecule has 38 heavy (non-hydrogen) atoms. The molecule has 8 nitrogen and oxygen atoms in total. The quantitative estimate of drug-likeness (QED) is 0.301. The lowest BCUT2D eigenvalue weighted by atomic mass is 10.1. The zero-order chi connectivity index (χ0) is 28.0. The van der Waals surface area contributed by atoms with E-state index in [9.17, 15) is 22.8 Å². The van der Waals surface area contributed by atoms with E-state index in [2.05, 4.69) is 31.0 Å². The van der Waals surface area contributed by atoms with Crippen LogP contribution in [-0.4, -0.2) is 52.8 Å². The maximum atomic E-state index is 13.7. The van der Waals surface area contributed by atoms with E-state index < -0.39 is 24.1 Å². The van der Waals surface area contributed by atoms with Gasteiger partial charge in [0.05, 0.1) is 6.54 Å². The number of halogens is 5. The molecule has 0 bridgehead atoms. The highest BCUT2D eigenvalue weighted by Crippen LogP contribution is 2.32. The number of hydrogen-bond donors (Lipinski definition) is 1. The number of rotatable bonds is 10. The molecule has 0 saturated heterocycles. The molecule has 1 heterocycles. The van der Waals surface area contributed by atoms with E-state index in [1.807, 2.05) is 6.92 Å². The summed E-state index contributed by atoms with van der Waals surface area (Å²) in [6, 6.07) is 11.0. The molecule has 0 radical (unpaired) electrons. The number of amides is 2. The van der Waals surface area contributed by atoms with Gasteiger partial charge in [-0.15, -0.1) is 13.2 Å². The molecule has 204 valence electrons. The van der Waals surface area contributed by atoms with E-state index in [1.54, 1.807) is 24.3 Å². The molecule has 0 aliphatic rings. The summed E-state index contributed by atoms with van der Waals surface area (Å²) >= 11 is 9.32. The Morgan fingerprint density at radius 1 is 1.18 bits per heavy atom. The maximum absolute atomic E-state index is 13.7. The number of nitrogens with zero attached hydrogens (tertiary/aromatic N) is 3. The largest absolute Gasteiger partial charge is 0.573 e. The summed E-state index contributed by atoms with van der Waals surface area (Å²) in [5, 5.41) is 3.09. The van der Waals surface area contributed by atoms with Crippen LogP contribution in [0.25, 0.3) is 0 Å². The molecule has 1 N–H and O–H groups in total. The summed E-state index contributed by atoms with van der Waals surface area (Å²) in [6.07, 6.45) is -3.79. The van der Waals surface area contributed by atoms with Crippen LogP contribution < -0.4 is 14.8 Å². The number of hydrogen-bond acceptors (Lipinski definition) is 5. The summed E-state index contributed by atoms with van der Waals surface area (Å²) in [4.78, 5) is 31.8. The minimum Gasteiger partial charge on any atom is -0.425 e. The first-order valence-electron chi connectivity index (χ1n) is 11.5. The Morgan fingerprint density at radius 2 is 1.84 bits per heavy atom. The molecule has 0 saturated carbocycles. The topological polar surface area (TPSA) is 85.7 Å². The first-order chi connectivity index (χ1) is 17.9. The van der Waals surface area contributed by atoms with Crippen LogP contribution in [0.1, 0.15) is 35.8 Å². The van der Waals surface area contributed by atoms with Crippen molar-refractivity contribution in [3.05, 3.63) is 69.4 Å². The Balaban J connectivity index is 2.04. The number of carbonyl (C=O) groups excluding carboxylic acids is 2. The van der Waals surface area contributed by atoms with Crippen LogP contribution in [0, 0.1) is 0 Å². The van der Waals surface area contributed by atoms with Crippen LogP contribution >= 0.6 is 27.5 Å². The van der Waals surface area contributed by atoms with E-state index in [1.165, 1.54) is 35.7 Å². The van der Waals surface area contributed by atoms with Gasteiger partial charge in [-0.05, 0) is 52.2 Å². The molecule has 0 fully saturated rings. The van der Waals surface area contributed by atoms with Crippen LogP contribution in [0.4, 0.5) is 13.2 Å². The van der Waals surface area contributed by atoms with Crippen molar-refractivity contribution >= 4 is 39.3 Å². The van der Waals surface area contributed by atoms with E-state index in [4.69, 9.17) is 16.3 Å². The third-order valence-electron chi connectivity index (χ3n) is 5.49. The van der Waals surface area contributed by atoms with Crippen LogP contribution in [0.3, 0.4) is 0 Å². The minimum absolute atomic E-state index is 0.00294. The van der Waals surface area contributed by atoms with E-state index in [-0.39, 0.29) is 34.5 Å². The minimum atomic E-state index is -4.88. The normalized spacial score (nSPS) is 12.1. The second kappa shape index (κ2) is 12.5. The Bertz CT molecular complexity index is 1280. The van der Waals surface area contributed by atoms with E-state index in [0.29, 0.717) is 17.9 Å². The average Bonchev–Trinajstić information content (AvgIpc) is 3.15. The molecule has 13 heteroatoms. The molecule has 1 aromatic heterocycles. The zero-order valence-electron chi connectivity index (χ0n) is 20.7. The van der Waals surface area contributed by atoms with Crippen molar-refractivity contribution in [2.24, 2.45) is 0 Å². The number of alkyl halides is 3. The Morgan fingerprint density at radius 3 is 2.45 bits per heavy atom. The molecule has 1 unspecified atom stereocenters. The van der Waals surface area contributed by atoms with Crippen molar-refractivity contribution in [1.82, 2.24) is 19.8 Å². The highest BCUT2D eigenvalue weighted by atomic mass is 79.9. The fourth-order valence-corrected chi connectivity index (χ4v) is 4.36. The van der Waals surface area contributed by atoms with Crippen LogP contribution in [-0.2, 0) is 11.3 Å². The predicted molar refractivity (Wildman–Crippen MR) is 139 cm³/mol. The first-order valence-corrected chi connectivity index (χ1v) is 12.6. The van der Waals surface area contributed by atoms with Gasteiger partial charge in [-0.3, -0.25) is 14.2 Å². The molecular formula is C25H25BrClF3N4O4. The van der Waals surface area contributed by atoms with Gasteiger partial charge in [0.2, 0.25) is 5.91 Å². The highest BCUT2D eigenvalue weighted by molar-refractivity contribution is 9.10. The Kier molecular flexibility index (Phi) is 9.66. The van der Waals surface area contributed by atoms with Crippen LogP contribution in [0.5, 0.6) is 17.5 Å². The van der Waals surface area contributed by atoms with E-state index in [0.717, 1.165) is 17.7 Å². The number of ether oxygens (including phenoxy) is 2. The van der Waals surface area contributed by atoms with Gasteiger partial charge in [0.25, 0.3) is 5.91 Å². The lowest BCUT2D eigenvalue weighted by Crippen LogP contribution is -2.47. The standard InChI is InChI=1S/C25H25BrClF3N4O4/c1-4-6-19(22(35)31-2)33(3)23(36)20-21(26)32-24(34(20)14-15-9-11-16(27)12-10-15)37-17-7-5-8-18(13-17)38-25(28,29)30/h5,7-13,19H,4,6,14H2,1-3H3,(H,31,35). The third kappa shape index (κ3) is 7.41. The van der Waals surface area contributed by atoms with E-state index >= 15 is 0 Å². The fraction of sp³-hybridized carbons (Fsp3) is 0.320. The zero-order valence-corrected chi connectivity index (χ0v) is 23.0. The molecule has 2 aromatic carbocycles. The Hall–Kier alpha value is -3.25. The summed E-state index contributed by atoms with van der Waals surface area (Å²) in [5.74, 6) is -1.30. The summed E-state index contributed by atoms with van der Waals surface area (Å²) in [7, 11) is 3.01. The van der Waals surface area contributed by atoms with Gasteiger partial charge in [-0.2, -0.15) is 4.98 Å². The molecule has 0 spiro atoms. The molecule has 3 rings (SSSR count). The first kappa shape index (κ1) is 29.3. The predicted octanol–water partition coefficient (Wildman–Crippen LogP) is 6.02.